The van der Waals surface area contributed by atoms with Gasteiger partial charge in [-0.2, -0.15) is 0 Å². The Morgan fingerprint density at radius 3 is 2.28 bits per heavy atom. The molecule has 25 heavy (non-hydrogen) atoms. The summed E-state index contributed by atoms with van der Waals surface area (Å²) in [6.45, 7) is 2.12. The molecule has 2 heterocycles. The van der Waals surface area contributed by atoms with Gasteiger partial charge in [0.25, 0.3) is 0 Å². The zero-order chi connectivity index (χ0) is 17.2. The van der Waals surface area contributed by atoms with E-state index in [4.69, 9.17) is 16.0 Å². The molecular weight excluding hydrogens is 340 g/mol. The predicted octanol–water partition coefficient (Wildman–Crippen LogP) is 3.42. The number of halogens is 1. The third-order valence-electron chi connectivity index (χ3n) is 4.81. The molecule has 2 aliphatic rings. The van der Waals surface area contributed by atoms with Gasteiger partial charge in [0, 0.05) is 22.5 Å². The highest BCUT2D eigenvalue weighted by atomic mass is 35.5. The number of hydrogen-bond acceptors (Lipinski definition) is 5. The molecule has 2 aromatic rings. The second-order valence-corrected chi connectivity index (χ2v) is 7.29. The fourth-order valence-electron chi connectivity index (χ4n) is 3.18. The van der Waals surface area contributed by atoms with Crippen molar-refractivity contribution in [2.45, 2.75) is 37.5 Å². The van der Waals surface area contributed by atoms with Crippen LogP contribution >= 0.6 is 11.6 Å². The molecule has 4 rings (SSSR count). The Kier molecular flexibility index (Phi) is 4.72. The van der Waals surface area contributed by atoms with E-state index in [-0.39, 0.29) is 5.91 Å². The van der Waals surface area contributed by atoms with Crippen molar-refractivity contribution in [2.75, 3.05) is 25.0 Å². The molecule has 1 aromatic heterocycles. The van der Waals surface area contributed by atoms with Gasteiger partial charge in [-0.25, -0.2) is 0 Å². The molecule has 1 aliphatic carbocycles. The molecule has 0 radical (unpaired) electrons. The third-order valence-corrected chi connectivity index (χ3v) is 5.07. The summed E-state index contributed by atoms with van der Waals surface area (Å²) in [5.41, 5.74) is 0.766. The van der Waals surface area contributed by atoms with Gasteiger partial charge in [-0.1, -0.05) is 11.6 Å². The lowest BCUT2D eigenvalue weighted by Crippen LogP contribution is -2.38. The largest absolute Gasteiger partial charge is 0.425 e. The summed E-state index contributed by atoms with van der Waals surface area (Å²) in [6.07, 6.45) is 4.23. The molecule has 132 valence electrons. The van der Waals surface area contributed by atoms with Gasteiger partial charge in [0.2, 0.25) is 17.7 Å². The highest BCUT2D eigenvalue weighted by Crippen LogP contribution is 2.40. The predicted molar refractivity (Wildman–Crippen MR) is 94.8 cm³/mol. The van der Waals surface area contributed by atoms with Crippen LogP contribution in [0.5, 0.6) is 0 Å². The summed E-state index contributed by atoms with van der Waals surface area (Å²) >= 11 is 5.85. The van der Waals surface area contributed by atoms with Crippen LogP contribution in [0.2, 0.25) is 5.02 Å². The Hall–Kier alpha value is -1.92. The standard InChI is InChI=1S/C18H21ClN4O2/c19-14-3-5-15(6-4-14)20-16(24)11-23-9-7-13(8-10-23)18-22-21-17(25-18)12-1-2-12/h3-6,12-13H,1-2,7-11H2,(H,20,24). The van der Waals surface area contributed by atoms with E-state index >= 15 is 0 Å². The Morgan fingerprint density at radius 2 is 1.68 bits per heavy atom. The first kappa shape index (κ1) is 16.5. The molecule has 1 aliphatic heterocycles. The number of nitrogens with one attached hydrogen (secondary N) is 1. The number of hydrogen-bond donors (Lipinski definition) is 1. The molecule has 1 saturated carbocycles. The molecule has 0 bridgehead atoms. The summed E-state index contributed by atoms with van der Waals surface area (Å²) in [5, 5.41) is 12.0. The van der Waals surface area contributed by atoms with Crippen LogP contribution in [0.15, 0.2) is 28.7 Å². The molecule has 1 aromatic carbocycles. The van der Waals surface area contributed by atoms with E-state index < -0.39 is 0 Å². The van der Waals surface area contributed by atoms with Crippen LogP contribution in [0.1, 0.15) is 49.3 Å². The average Bonchev–Trinajstić information content (AvgIpc) is 3.35. The van der Waals surface area contributed by atoms with E-state index in [1.54, 1.807) is 24.3 Å². The van der Waals surface area contributed by atoms with E-state index in [1.807, 2.05) is 0 Å². The van der Waals surface area contributed by atoms with Crippen molar-refractivity contribution in [2.24, 2.45) is 0 Å². The fraction of sp³-hybridized carbons (Fsp3) is 0.500. The first-order valence-electron chi connectivity index (χ1n) is 8.78. The molecule has 2 fully saturated rings. The van der Waals surface area contributed by atoms with Crippen LogP contribution in [0.4, 0.5) is 5.69 Å². The minimum Gasteiger partial charge on any atom is -0.425 e. The SMILES string of the molecule is O=C(CN1CCC(c2nnc(C3CC3)o2)CC1)Nc1ccc(Cl)cc1. The Morgan fingerprint density at radius 1 is 1.08 bits per heavy atom. The number of nitrogens with zero attached hydrogens (tertiary/aromatic N) is 3. The summed E-state index contributed by atoms with van der Waals surface area (Å²) < 4.78 is 5.82. The van der Waals surface area contributed by atoms with Crippen molar-refractivity contribution in [3.8, 4) is 0 Å². The van der Waals surface area contributed by atoms with Crippen molar-refractivity contribution in [3.05, 3.63) is 41.1 Å². The number of carbonyl (C=O) groups excluding carboxylic acids is 1. The highest BCUT2D eigenvalue weighted by molar-refractivity contribution is 6.30. The molecule has 1 N–H and O–H groups in total. The molecule has 1 saturated heterocycles. The monoisotopic (exact) mass is 360 g/mol. The Balaban J connectivity index is 1.25. The maximum Gasteiger partial charge on any atom is 0.238 e. The fourth-order valence-corrected chi connectivity index (χ4v) is 3.31. The quantitative estimate of drug-likeness (QED) is 0.884. The molecule has 0 atom stereocenters. The van der Waals surface area contributed by atoms with Gasteiger partial charge >= 0.3 is 0 Å². The van der Waals surface area contributed by atoms with E-state index in [2.05, 4.69) is 20.4 Å². The first-order chi connectivity index (χ1) is 12.2. The lowest BCUT2D eigenvalue weighted by Gasteiger charge is -2.29. The van der Waals surface area contributed by atoms with Gasteiger partial charge in [-0.05, 0) is 63.0 Å². The number of carbonyl (C=O) groups is 1. The Bertz CT molecular complexity index is 734. The molecule has 7 heteroatoms. The van der Waals surface area contributed by atoms with Crippen LogP contribution < -0.4 is 5.32 Å². The average molecular weight is 361 g/mol. The van der Waals surface area contributed by atoms with Crippen LogP contribution in [0.25, 0.3) is 0 Å². The number of rotatable bonds is 5. The van der Waals surface area contributed by atoms with Crippen molar-refractivity contribution in [1.82, 2.24) is 15.1 Å². The zero-order valence-corrected chi connectivity index (χ0v) is 14.7. The minimum absolute atomic E-state index is 0.00502. The van der Waals surface area contributed by atoms with Crippen molar-refractivity contribution >= 4 is 23.2 Å². The second-order valence-electron chi connectivity index (χ2n) is 6.86. The summed E-state index contributed by atoms with van der Waals surface area (Å²) in [6, 6.07) is 7.14. The van der Waals surface area contributed by atoms with Gasteiger partial charge in [0.05, 0.1) is 6.54 Å². The van der Waals surface area contributed by atoms with Gasteiger partial charge in [0.1, 0.15) is 0 Å². The number of aromatic nitrogens is 2. The topological polar surface area (TPSA) is 71.3 Å². The molecule has 6 nitrogen and oxygen atoms in total. The number of likely N-dealkylation sites (tertiary alicyclic amines) is 1. The lowest BCUT2D eigenvalue weighted by atomic mass is 9.97. The summed E-state index contributed by atoms with van der Waals surface area (Å²) in [7, 11) is 0. The summed E-state index contributed by atoms with van der Waals surface area (Å²) in [4.78, 5) is 14.3. The first-order valence-corrected chi connectivity index (χ1v) is 9.16. The van der Waals surface area contributed by atoms with E-state index in [0.29, 0.717) is 23.4 Å². The summed E-state index contributed by atoms with van der Waals surface area (Å²) in [5.74, 6) is 2.38. The van der Waals surface area contributed by atoms with Gasteiger partial charge in [0.15, 0.2) is 0 Å². The zero-order valence-electron chi connectivity index (χ0n) is 13.9. The number of benzene rings is 1. The van der Waals surface area contributed by atoms with Crippen LogP contribution in [0, 0.1) is 0 Å². The van der Waals surface area contributed by atoms with Crippen molar-refractivity contribution in [3.63, 3.8) is 0 Å². The van der Waals surface area contributed by atoms with Crippen molar-refractivity contribution < 1.29 is 9.21 Å². The molecule has 0 spiro atoms. The maximum absolute atomic E-state index is 12.2. The van der Waals surface area contributed by atoms with Crippen LogP contribution in [-0.4, -0.2) is 40.6 Å². The van der Waals surface area contributed by atoms with E-state index in [0.717, 1.165) is 43.4 Å². The molecular formula is C18H21ClN4O2. The van der Waals surface area contributed by atoms with Crippen molar-refractivity contribution in [1.29, 1.82) is 0 Å². The lowest BCUT2D eigenvalue weighted by molar-refractivity contribution is -0.117. The minimum atomic E-state index is -0.00502. The van der Waals surface area contributed by atoms with E-state index in [9.17, 15) is 4.79 Å². The molecule has 0 unspecified atom stereocenters. The number of piperidine rings is 1. The van der Waals surface area contributed by atoms with E-state index in [1.165, 1.54) is 12.8 Å². The van der Waals surface area contributed by atoms with Crippen LogP contribution in [-0.2, 0) is 4.79 Å². The third kappa shape index (κ3) is 4.19. The smallest absolute Gasteiger partial charge is 0.238 e. The van der Waals surface area contributed by atoms with Gasteiger partial charge < -0.3 is 9.73 Å². The van der Waals surface area contributed by atoms with Crippen LogP contribution in [0.3, 0.4) is 0 Å². The number of anilines is 1. The highest BCUT2D eigenvalue weighted by Gasteiger charge is 2.31. The second kappa shape index (κ2) is 7.14. The van der Waals surface area contributed by atoms with Gasteiger partial charge in [-0.3, -0.25) is 9.69 Å². The van der Waals surface area contributed by atoms with Gasteiger partial charge in [-0.15, -0.1) is 10.2 Å². The number of amides is 1. The Labute approximate surface area is 151 Å². The normalized spacial score (nSPS) is 19.1. The molecule has 1 amide bonds. The maximum atomic E-state index is 12.2.